The van der Waals surface area contributed by atoms with Gasteiger partial charge in [-0.15, -0.1) is 10.2 Å². The van der Waals surface area contributed by atoms with E-state index in [1.54, 1.807) is 6.07 Å². The van der Waals surface area contributed by atoms with Crippen LogP contribution in [0.25, 0.3) is 10.8 Å². The third kappa shape index (κ3) is 2.97. The Labute approximate surface area is 212 Å². The minimum atomic E-state index is -0.678. The summed E-state index contributed by atoms with van der Waals surface area (Å²) < 4.78 is 16.5. The van der Waals surface area contributed by atoms with Gasteiger partial charge in [-0.1, -0.05) is 66.4 Å². The number of nitrogens with zero attached hydrogens (tertiary/aromatic N) is 4. The van der Waals surface area contributed by atoms with Crippen LogP contribution in [-0.4, -0.2) is 31.6 Å². The van der Waals surface area contributed by atoms with Crippen molar-refractivity contribution in [3.05, 3.63) is 94.8 Å². The molecule has 0 spiro atoms. The molecule has 180 valence electrons. The number of halogens is 1. The molecule has 0 fully saturated rings. The van der Waals surface area contributed by atoms with E-state index in [1.807, 2.05) is 50.2 Å². The van der Waals surface area contributed by atoms with E-state index in [4.69, 9.17) is 4.99 Å². The normalized spacial score (nSPS) is 26.0. The van der Waals surface area contributed by atoms with Gasteiger partial charge in [-0.3, -0.25) is 9.79 Å². The highest BCUT2D eigenvalue weighted by Crippen LogP contribution is 2.57. The van der Waals surface area contributed by atoms with E-state index < -0.39 is 5.41 Å². The maximum atomic E-state index is 14.3. The molecule has 4 aromatic rings. The zero-order valence-electron chi connectivity index (χ0n) is 19.9. The molecule has 8 rings (SSSR count). The van der Waals surface area contributed by atoms with Crippen molar-refractivity contribution in [3.63, 3.8) is 0 Å². The van der Waals surface area contributed by atoms with Gasteiger partial charge in [0, 0.05) is 17.1 Å². The molecular formula is C28H24FN5OS. The van der Waals surface area contributed by atoms with Crippen LogP contribution in [-0.2, 0) is 4.79 Å². The molecule has 4 atom stereocenters. The van der Waals surface area contributed by atoms with E-state index in [0.717, 1.165) is 22.6 Å². The van der Waals surface area contributed by atoms with Crippen LogP contribution in [0.5, 0.6) is 0 Å². The predicted molar refractivity (Wildman–Crippen MR) is 139 cm³/mol. The number of rotatable bonds is 2. The molecule has 1 amide bonds. The van der Waals surface area contributed by atoms with E-state index in [-0.39, 0.29) is 29.7 Å². The second-order valence-electron chi connectivity index (χ2n) is 10.1. The van der Waals surface area contributed by atoms with Gasteiger partial charge < -0.3 is 9.88 Å². The number of aliphatic imine (C=N–C) groups is 1. The number of aromatic nitrogens is 3. The Bertz CT molecular complexity index is 1600. The number of fused-ring (bicyclic) bond motifs is 2. The van der Waals surface area contributed by atoms with Crippen LogP contribution < -0.4 is 5.32 Å². The zero-order valence-corrected chi connectivity index (χ0v) is 20.7. The lowest BCUT2D eigenvalue weighted by Gasteiger charge is -2.49. The van der Waals surface area contributed by atoms with Gasteiger partial charge in [-0.25, -0.2) is 4.39 Å². The maximum Gasteiger partial charge on any atom is 0.234 e. The third-order valence-electron chi connectivity index (χ3n) is 8.01. The maximum absolute atomic E-state index is 14.3. The fourth-order valence-electron chi connectivity index (χ4n) is 6.30. The molecule has 1 N–H and O–H groups in total. The molecule has 6 nitrogen and oxygen atoms in total. The topological polar surface area (TPSA) is 72.2 Å². The van der Waals surface area contributed by atoms with E-state index in [9.17, 15) is 9.18 Å². The summed E-state index contributed by atoms with van der Waals surface area (Å²) in [5.74, 6) is 2.22. The lowest BCUT2D eigenvalue weighted by molar-refractivity contribution is -0.132. The molecule has 1 aliphatic carbocycles. The number of thioether (sulfide) groups is 1. The second-order valence-corrected chi connectivity index (χ2v) is 11.1. The summed E-state index contributed by atoms with van der Waals surface area (Å²) in [6.45, 7) is 4.00. The Balaban J connectivity index is 1.22. The van der Waals surface area contributed by atoms with Crippen LogP contribution in [0.1, 0.15) is 59.7 Å². The quantitative estimate of drug-likeness (QED) is 0.409. The molecule has 8 heteroatoms. The van der Waals surface area contributed by atoms with Crippen molar-refractivity contribution in [3.8, 4) is 0 Å². The molecule has 0 saturated heterocycles. The van der Waals surface area contributed by atoms with Gasteiger partial charge in [0.2, 0.25) is 5.91 Å². The van der Waals surface area contributed by atoms with E-state index in [2.05, 4.69) is 32.2 Å². The largest absolute Gasteiger partial charge is 0.306 e. The third-order valence-corrected chi connectivity index (χ3v) is 8.98. The average Bonchev–Trinajstić information content (AvgIpc) is 3.52. The first-order valence-corrected chi connectivity index (χ1v) is 13.1. The number of aryl methyl sites for hydroxylation is 1. The van der Waals surface area contributed by atoms with Gasteiger partial charge in [0.05, 0.1) is 17.5 Å². The number of nitrogens with one attached hydrogen (secondary N) is 1. The molecule has 36 heavy (non-hydrogen) atoms. The molecular weight excluding hydrogens is 473 g/mol. The lowest BCUT2D eigenvalue weighted by atomic mass is 9.61. The minimum absolute atomic E-state index is 0.0275. The zero-order chi connectivity index (χ0) is 24.6. The number of carbonyl (C=O) groups is 1. The van der Waals surface area contributed by atoms with E-state index in [1.165, 1.54) is 29.0 Å². The molecule has 0 radical (unpaired) electrons. The summed E-state index contributed by atoms with van der Waals surface area (Å²) >= 11 is 1.54. The molecule has 3 aromatic carbocycles. The summed E-state index contributed by atoms with van der Waals surface area (Å²) in [4.78, 5) is 18.8. The Hall–Kier alpha value is -3.52. The monoisotopic (exact) mass is 497 g/mol. The Morgan fingerprint density at radius 2 is 1.78 bits per heavy atom. The van der Waals surface area contributed by atoms with Crippen LogP contribution in [0.15, 0.2) is 65.7 Å². The highest BCUT2D eigenvalue weighted by molar-refractivity contribution is 8.14. The number of hydrogen-bond donors (Lipinski definition) is 1. The number of amides is 1. The smallest absolute Gasteiger partial charge is 0.234 e. The Morgan fingerprint density at radius 1 is 1.03 bits per heavy atom. The fourth-order valence-corrected chi connectivity index (χ4v) is 7.23. The Kier molecular flexibility index (Phi) is 4.67. The molecule has 4 aliphatic rings. The first-order chi connectivity index (χ1) is 17.5. The summed E-state index contributed by atoms with van der Waals surface area (Å²) in [7, 11) is 0. The van der Waals surface area contributed by atoms with Crippen LogP contribution in [0.4, 0.5) is 4.39 Å². The number of hydrogen-bond acceptors (Lipinski definition) is 5. The predicted octanol–water partition coefficient (Wildman–Crippen LogP) is 5.28. The van der Waals surface area contributed by atoms with Gasteiger partial charge >= 0.3 is 0 Å². The SMILES string of the molecule is Cc1nnc2n1C1c3ccccc3C2CC1(C)C(=O)NC1=NC(c2ccc(F)c3ccccc23)CS1. The summed E-state index contributed by atoms with van der Waals surface area (Å²) in [5.41, 5.74) is 2.70. The van der Waals surface area contributed by atoms with Crippen LogP contribution in [0, 0.1) is 18.2 Å². The molecule has 4 unspecified atom stereocenters. The standard InChI is InChI=1S/C28H24FN5OS/c1-15-32-33-25-21-13-28(2,24(34(15)25)20-10-6-4-8-17(20)21)26(35)31-27-30-23(14-36-27)19-11-12-22(29)18-9-5-3-7-16(18)19/h3-12,21,23-24H,13-14H2,1-2H3,(H,30,31,35). The van der Waals surface area contributed by atoms with Gasteiger partial charge in [-0.2, -0.15) is 0 Å². The van der Waals surface area contributed by atoms with Crippen molar-refractivity contribution >= 4 is 33.6 Å². The first kappa shape index (κ1) is 21.7. The van der Waals surface area contributed by atoms with Gasteiger partial charge in [0.15, 0.2) is 5.17 Å². The number of carbonyl (C=O) groups excluding carboxylic acids is 1. The van der Waals surface area contributed by atoms with Crippen molar-refractivity contribution in [2.24, 2.45) is 10.4 Å². The van der Waals surface area contributed by atoms with E-state index in [0.29, 0.717) is 22.7 Å². The molecule has 2 bridgehead atoms. The van der Waals surface area contributed by atoms with Crippen LogP contribution in [0.3, 0.4) is 0 Å². The second kappa shape index (κ2) is 7.74. The van der Waals surface area contributed by atoms with Gasteiger partial charge in [0.1, 0.15) is 17.5 Å². The fraction of sp³-hybridized carbons (Fsp3) is 0.286. The number of amidine groups is 1. The van der Waals surface area contributed by atoms with Gasteiger partial charge in [0.25, 0.3) is 0 Å². The van der Waals surface area contributed by atoms with E-state index >= 15 is 0 Å². The van der Waals surface area contributed by atoms with Crippen molar-refractivity contribution in [2.75, 3.05) is 5.75 Å². The van der Waals surface area contributed by atoms with Crippen molar-refractivity contribution in [2.45, 2.75) is 38.3 Å². The van der Waals surface area contributed by atoms with Crippen molar-refractivity contribution in [1.82, 2.24) is 20.1 Å². The molecule has 3 aliphatic heterocycles. The molecule has 1 aromatic heterocycles. The van der Waals surface area contributed by atoms with Crippen LogP contribution >= 0.6 is 11.8 Å². The first-order valence-electron chi connectivity index (χ1n) is 12.1. The summed E-state index contributed by atoms with van der Waals surface area (Å²) in [6.07, 6.45) is 0.669. The summed E-state index contributed by atoms with van der Waals surface area (Å²) in [5, 5.41) is 14.1. The average molecular weight is 498 g/mol. The van der Waals surface area contributed by atoms with Crippen LogP contribution in [0.2, 0.25) is 0 Å². The summed E-state index contributed by atoms with van der Waals surface area (Å²) in [6, 6.07) is 18.8. The highest BCUT2D eigenvalue weighted by atomic mass is 32.2. The lowest BCUT2D eigenvalue weighted by Crippen LogP contribution is -2.53. The van der Waals surface area contributed by atoms with Crippen molar-refractivity contribution in [1.29, 1.82) is 0 Å². The number of benzene rings is 3. The molecule has 0 saturated carbocycles. The molecule has 4 heterocycles. The van der Waals surface area contributed by atoms with Crippen molar-refractivity contribution < 1.29 is 9.18 Å². The van der Waals surface area contributed by atoms with Gasteiger partial charge in [-0.05, 0) is 48.4 Å². The highest BCUT2D eigenvalue weighted by Gasteiger charge is 2.56. The Morgan fingerprint density at radius 3 is 2.61 bits per heavy atom. The minimum Gasteiger partial charge on any atom is -0.306 e.